The van der Waals surface area contributed by atoms with Crippen LogP contribution in [-0.2, 0) is 4.79 Å². The number of likely N-dealkylation sites (tertiary alicyclic amines) is 2. The van der Waals surface area contributed by atoms with Crippen molar-refractivity contribution in [1.29, 1.82) is 0 Å². The van der Waals surface area contributed by atoms with Crippen molar-refractivity contribution >= 4 is 11.8 Å². The molecule has 2 aliphatic heterocycles. The van der Waals surface area contributed by atoms with Gasteiger partial charge in [0.15, 0.2) is 0 Å². The van der Waals surface area contributed by atoms with Gasteiger partial charge in [0.25, 0.3) is 5.91 Å². The van der Waals surface area contributed by atoms with E-state index in [1.54, 1.807) is 25.1 Å². The van der Waals surface area contributed by atoms with Gasteiger partial charge in [0, 0.05) is 43.7 Å². The first-order valence-corrected chi connectivity index (χ1v) is 9.83. The summed E-state index contributed by atoms with van der Waals surface area (Å²) in [6.07, 6.45) is 6.08. The van der Waals surface area contributed by atoms with Crippen molar-refractivity contribution in [1.82, 2.24) is 9.80 Å². The topological polar surface area (TPSA) is 60.9 Å². The Labute approximate surface area is 155 Å². The zero-order chi connectivity index (χ0) is 18.3. The molecule has 26 heavy (non-hydrogen) atoms. The van der Waals surface area contributed by atoms with Gasteiger partial charge in [-0.1, -0.05) is 6.07 Å². The normalized spacial score (nSPS) is 22.7. The molecule has 1 spiro atoms. The van der Waals surface area contributed by atoms with Crippen LogP contribution >= 0.6 is 0 Å². The lowest BCUT2D eigenvalue weighted by Gasteiger charge is -2.47. The molecule has 140 valence electrons. The molecular formula is C21H28N2O3. The van der Waals surface area contributed by atoms with Crippen LogP contribution in [0.15, 0.2) is 18.2 Å². The minimum atomic E-state index is 0.00923. The summed E-state index contributed by atoms with van der Waals surface area (Å²) in [5.74, 6) is 1.22. The molecule has 0 unspecified atom stereocenters. The average Bonchev–Trinajstić information content (AvgIpc) is 3.45. The molecule has 4 rings (SSSR count). The molecular weight excluding hydrogens is 328 g/mol. The van der Waals surface area contributed by atoms with Crippen molar-refractivity contribution in [3.05, 3.63) is 29.3 Å². The van der Waals surface area contributed by atoms with Crippen LogP contribution in [0.25, 0.3) is 0 Å². The molecule has 1 aromatic carbocycles. The lowest BCUT2D eigenvalue weighted by molar-refractivity contribution is -0.139. The van der Waals surface area contributed by atoms with E-state index in [0.717, 1.165) is 51.4 Å². The molecule has 2 amide bonds. The fourth-order valence-corrected chi connectivity index (χ4v) is 4.50. The van der Waals surface area contributed by atoms with Gasteiger partial charge in [0.1, 0.15) is 5.75 Å². The fraction of sp³-hybridized carbons (Fsp3) is 0.619. The van der Waals surface area contributed by atoms with Crippen molar-refractivity contribution in [3.63, 3.8) is 0 Å². The van der Waals surface area contributed by atoms with Crippen LogP contribution in [0.4, 0.5) is 0 Å². The van der Waals surface area contributed by atoms with E-state index in [1.165, 1.54) is 12.8 Å². The number of phenolic OH excluding ortho intramolecular Hbond substituents is 1. The number of aromatic hydroxyl groups is 1. The monoisotopic (exact) mass is 356 g/mol. The minimum Gasteiger partial charge on any atom is -0.508 e. The molecule has 1 aliphatic carbocycles. The van der Waals surface area contributed by atoms with Gasteiger partial charge in [-0.3, -0.25) is 9.59 Å². The van der Waals surface area contributed by atoms with Gasteiger partial charge in [-0.05, 0) is 62.5 Å². The molecule has 1 saturated carbocycles. The third-order valence-electron chi connectivity index (χ3n) is 6.57. The molecule has 3 fully saturated rings. The van der Waals surface area contributed by atoms with Gasteiger partial charge < -0.3 is 14.9 Å². The summed E-state index contributed by atoms with van der Waals surface area (Å²) in [5.41, 5.74) is 1.43. The van der Waals surface area contributed by atoms with Gasteiger partial charge in [-0.15, -0.1) is 0 Å². The number of phenols is 1. The molecule has 1 N–H and O–H groups in total. The fourth-order valence-electron chi connectivity index (χ4n) is 4.50. The highest BCUT2D eigenvalue weighted by Crippen LogP contribution is 2.42. The minimum absolute atomic E-state index is 0.00923. The molecule has 0 aromatic heterocycles. The van der Waals surface area contributed by atoms with Gasteiger partial charge in [0.2, 0.25) is 5.91 Å². The van der Waals surface area contributed by atoms with E-state index in [9.17, 15) is 14.7 Å². The van der Waals surface area contributed by atoms with E-state index in [0.29, 0.717) is 23.5 Å². The Morgan fingerprint density at radius 1 is 1.23 bits per heavy atom. The number of carbonyl (C=O) groups excluding carboxylic acids is 2. The van der Waals surface area contributed by atoms with Crippen molar-refractivity contribution < 1.29 is 14.7 Å². The summed E-state index contributed by atoms with van der Waals surface area (Å²) in [7, 11) is 0. The molecule has 0 radical (unpaired) electrons. The van der Waals surface area contributed by atoms with Crippen LogP contribution in [-0.4, -0.2) is 52.9 Å². The van der Waals surface area contributed by atoms with Crippen LogP contribution < -0.4 is 0 Å². The first-order chi connectivity index (χ1) is 12.5. The molecule has 2 saturated heterocycles. The quantitative estimate of drug-likeness (QED) is 0.906. The number of carbonyl (C=O) groups is 2. The van der Waals surface area contributed by atoms with Crippen LogP contribution in [0, 0.1) is 18.3 Å². The van der Waals surface area contributed by atoms with Gasteiger partial charge in [-0.2, -0.15) is 0 Å². The Morgan fingerprint density at radius 3 is 2.65 bits per heavy atom. The van der Waals surface area contributed by atoms with Gasteiger partial charge >= 0.3 is 0 Å². The highest BCUT2D eigenvalue weighted by molar-refractivity contribution is 5.96. The predicted molar refractivity (Wildman–Crippen MR) is 99.0 cm³/mol. The van der Waals surface area contributed by atoms with E-state index in [-0.39, 0.29) is 17.1 Å². The maximum atomic E-state index is 12.9. The second-order valence-electron chi connectivity index (χ2n) is 8.46. The Hall–Kier alpha value is -2.04. The zero-order valence-electron chi connectivity index (χ0n) is 15.5. The number of benzene rings is 1. The molecule has 0 atom stereocenters. The van der Waals surface area contributed by atoms with E-state index in [2.05, 4.69) is 4.90 Å². The van der Waals surface area contributed by atoms with Gasteiger partial charge in [0.05, 0.1) is 0 Å². The molecule has 5 nitrogen and oxygen atoms in total. The lowest BCUT2D eigenvalue weighted by atomic mass is 9.72. The number of hydrogen-bond donors (Lipinski definition) is 1. The summed E-state index contributed by atoms with van der Waals surface area (Å²) in [4.78, 5) is 29.1. The summed E-state index contributed by atoms with van der Waals surface area (Å²) < 4.78 is 0. The van der Waals surface area contributed by atoms with Crippen molar-refractivity contribution in [2.24, 2.45) is 11.3 Å². The molecule has 5 heteroatoms. The highest BCUT2D eigenvalue weighted by Gasteiger charge is 2.43. The molecule has 3 aliphatic rings. The Morgan fingerprint density at radius 2 is 1.96 bits per heavy atom. The SMILES string of the molecule is Cc1c(O)cccc1C(=O)N1CCC2(CCC(=O)N(CC3CC3)C2)CC1. The van der Waals surface area contributed by atoms with Crippen LogP contribution in [0.3, 0.4) is 0 Å². The van der Waals surface area contributed by atoms with Crippen molar-refractivity contribution in [2.45, 2.75) is 45.4 Å². The average molecular weight is 356 g/mol. The summed E-state index contributed by atoms with van der Waals surface area (Å²) in [6.45, 7) is 5.07. The van der Waals surface area contributed by atoms with Crippen molar-refractivity contribution in [2.75, 3.05) is 26.2 Å². The standard InChI is InChI=1S/C21H28N2O3/c1-15-17(3-2-4-18(15)24)20(26)22-11-9-21(10-12-22)8-7-19(25)23(14-21)13-16-5-6-16/h2-4,16,24H,5-14H2,1H3. The summed E-state index contributed by atoms with van der Waals surface area (Å²) in [5, 5.41) is 9.87. The number of hydrogen-bond acceptors (Lipinski definition) is 3. The predicted octanol–water partition coefficient (Wildman–Crippen LogP) is 2.96. The highest BCUT2D eigenvalue weighted by atomic mass is 16.3. The maximum absolute atomic E-state index is 12.9. The van der Waals surface area contributed by atoms with E-state index >= 15 is 0 Å². The number of nitrogens with zero attached hydrogens (tertiary/aromatic N) is 2. The Balaban J connectivity index is 1.41. The Kier molecular flexibility index (Phi) is 4.41. The van der Waals surface area contributed by atoms with Crippen LogP contribution in [0.2, 0.25) is 0 Å². The van der Waals surface area contributed by atoms with Crippen LogP contribution in [0.1, 0.15) is 54.4 Å². The third kappa shape index (κ3) is 3.31. The summed E-state index contributed by atoms with van der Waals surface area (Å²) in [6, 6.07) is 5.13. The lowest BCUT2D eigenvalue weighted by Crippen LogP contribution is -2.52. The third-order valence-corrected chi connectivity index (χ3v) is 6.57. The van der Waals surface area contributed by atoms with E-state index in [1.807, 2.05) is 4.90 Å². The van der Waals surface area contributed by atoms with Crippen LogP contribution in [0.5, 0.6) is 5.75 Å². The Bertz CT molecular complexity index is 718. The van der Waals surface area contributed by atoms with E-state index in [4.69, 9.17) is 0 Å². The first kappa shape index (κ1) is 17.4. The smallest absolute Gasteiger partial charge is 0.254 e. The van der Waals surface area contributed by atoms with Gasteiger partial charge in [-0.25, -0.2) is 0 Å². The number of rotatable bonds is 3. The first-order valence-electron chi connectivity index (χ1n) is 9.83. The molecule has 0 bridgehead atoms. The second kappa shape index (κ2) is 6.60. The second-order valence-corrected chi connectivity index (χ2v) is 8.46. The molecule has 2 heterocycles. The maximum Gasteiger partial charge on any atom is 0.254 e. The van der Waals surface area contributed by atoms with Crippen molar-refractivity contribution in [3.8, 4) is 5.75 Å². The summed E-state index contributed by atoms with van der Waals surface area (Å²) >= 11 is 0. The number of amides is 2. The number of piperidine rings is 2. The molecule has 1 aromatic rings. The zero-order valence-corrected chi connectivity index (χ0v) is 15.5. The largest absolute Gasteiger partial charge is 0.508 e. The van der Waals surface area contributed by atoms with E-state index < -0.39 is 0 Å².